The van der Waals surface area contributed by atoms with Crippen LogP contribution < -0.4 is 10.6 Å². The molecule has 0 unspecified atom stereocenters. The van der Waals surface area contributed by atoms with E-state index in [-0.39, 0.29) is 26.3 Å². The van der Waals surface area contributed by atoms with Crippen LogP contribution in [0.3, 0.4) is 0 Å². The topological polar surface area (TPSA) is 149 Å². The van der Waals surface area contributed by atoms with E-state index in [2.05, 4.69) is 42.7 Å². The van der Waals surface area contributed by atoms with Crippen molar-refractivity contribution in [3.05, 3.63) is 25.3 Å². The van der Waals surface area contributed by atoms with Crippen LogP contribution in [0.2, 0.25) is 0 Å². The van der Waals surface area contributed by atoms with Crippen molar-refractivity contribution in [2.75, 3.05) is 39.5 Å². The number of hydrogen-bond donors (Lipinski definition) is 3. The van der Waals surface area contributed by atoms with E-state index >= 15 is 0 Å². The van der Waals surface area contributed by atoms with Crippen molar-refractivity contribution in [3.8, 4) is 0 Å². The normalized spacial score (nSPS) is 9.62. The van der Waals surface area contributed by atoms with Crippen LogP contribution in [0.15, 0.2) is 25.3 Å². The van der Waals surface area contributed by atoms with Crippen LogP contribution in [0.1, 0.15) is 0 Å². The summed E-state index contributed by atoms with van der Waals surface area (Å²) >= 11 is 0. The van der Waals surface area contributed by atoms with Gasteiger partial charge in [0.2, 0.25) is 0 Å². The van der Waals surface area contributed by atoms with Crippen molar-refractivity contribution in [1.82, 2.24) is 10.6 Å². The summed E-state index contributed by atoms with van der Waals surface area (Å²) < 4.78 is 18.6. The van der Waals surface area contributed by atoms with Gasteiger partial charge in [-0.25, -0.2) is 19.2 Å². The van der Waals surface area contributed by atoms with E-state index in [4.69, 9.17) is 0 Å². The summed E-state index contributed by atoms with van der Waals surface area (Å²) in [7, 11) is 0. The van der Waals surface area contributed by atoms with Crippen LogP contribution in [0.25, 0.3) is 0 Å². The molecule has 0 heterocycles. The van der Waals surface area contributed by atoms with Gasteiger partial charge in [0, 0.05) is 12.2 Å². The molecule has 0 aromatic carbocycles. The first kappa shape index (κ1) is 22.9. The Hall–Kier alpha value is -3.08. The molecule has 26 heavy (non-hydrogen) atoms. The van der Waals surface area contributed by atoms with E-state index < -0.39 is 43.4 Å². The van der Waals surface area contributed by atoms with Crippen molar-refractivity contribution in [3.63, 3.8) is 0 Å². The van der Waals surface area contributed by atoms with Gasteiger partial charge in [-0.3, -0.25) is 0 Å². The van der Waals surface area contributed by atoms with Crippen molar-refractivity contribution in [2.24, 2.45) is 0 Å². The summed E-state index contributed by atoms with van der Waals surface area (Å²) in [4.78, 5) is 44.0. The fourth-order valence-corrected chi connectivity index (χ4v) is 1.22. The van der Waals surface area contributed by atoms with E-state index in [1.807, 2.05) is 0 Å². The zero-order valence-electron chi connectivity index (χ0n) is 14.1. The summed E-state index contributed by atoms with van der Waals surface area (Å²) in [5.41, 5.74) is 0. The number of amides is 2. The lowest BCUT2D eigenvalue weighted by atomic mass is 10.4. The molecule has 3 N–H and O–H groups in total. The number of rotatable bonds is 12. The number of esters is 2. The van der Waals surface area contributed by atoms with Crippen LogP contribution in [-0.4, -0.2) is 74.9 Å². The number of aliphatic hydroxyl groups excluding tert-OH is 1. The molecule has 0 aromatic heterocycles. The molecule has 146 valence electrons. The predicted octanol–water partition coefficient (Wildman–Crippen LogP) is -0.742. The lowest BCUT2D eigenvalue weighted by molar-refractivity contribution is -0.138. The quantitative estimate of drug-likeness (QED) is 0.174. The number of carbonyl (C=O) groups is 4. The summed E-state index contributed by atoms with van der Waals surface area (Å²) in [6.45, 7) is 5.50. The third kappa shape index (κ3) is 13.4. The third-order valence-electron chi connectivity index (χ3n) is 2.38. The van der Waals surface area contributed by atoms with Gasteiger partial charge in [-0.15, -0.1) is 0 Å². The maximum Gasteiger partial charge on any atom is 0.407 e. The molecule has 0 aliphatic rings. The average Bonchev–Trinajstić information content (AvgIpc) is 2.64. The van der Waals surface area contributed by atoms with Crippen molar-refractivity contribution in [1.29, 1.82) is 0 Å². The largest absolute Gasteiger partial charge is 0.461 e. The number of carbonyl (C=O) groups excluding carboxylic acids is 4. The van der Waals surface area contributed by atoms with E-state index in [1.54, 1.807) is 0 Å². The van der Waals surface area contributed by atoms with E-state index in [0.29, 0.717) is 0 Å². The summed E-state index contributed by atoms with van der Waals surface area (Å²) in [6.07, 6.45) is -0.944. The third-order valence-corrected chi connectivity index (χ3v) is 2.38. The van der Waals surface area contributed by atoms with Gasteiger partial charge in [-0.2, -0.15) is 0 Å². The van der Waals surface area contributed by atoms with E-state index in [0.717, 1.165) is 12.2 Å². The first-order chi connectivity index (χ1) is 12.4. The Balaban J connectivity index is 3.67. The highest BCUT2D eigenvalue weighted by molar-refractivity contribution is 5.81. The van der Waals surface area contributed by atoms with Crippen molar-refractivity contribution in [2.45, 2.75) is 6.10 Å². The molecule has 0 aliphatic heterocycles. The smallest absolute Gasteiger partial charge is 0.407 e. The number of hydrogen-bond acceptors (Lipinski definition) is 9. The second-order valence-corrected chi connectivity index (χ2v) is 4.45. The van der Waals surface area contributed by atoms with Crippen LogP contribution in [0.5, 0.6) is 0 Å². The molecule has 0 bridgehead atoms. The average molecular weight is 374 g/mol. The first-order valence-corrected chi connectivity index (χ1v) is 7.46. The Morgan fingerprint density at radius 2 is 1.19 bits per heavy atom. The number of nitrogens with one attached hydrogen (secondary N) is 2. The maximum atomic E-state index is 11.3. The van der Waals surface area contributed by atoms with Crippen LogP contribution in [0.4, 0.5) is 9.59 Å². The Bertz CT molecular complexity index is 463. The Morgan fingerprint density at radius 3 is 1.54 bits per heavy atom. The van der Waals surface area contributed by atoms with Crippen molar-refractivity contribution < 1.29 is 43.2 Å². The summed E-state index contributed by atoms with van der Waals surface area (Å²) in [5.74, 6) is -1.24. The molecule has 0 aliphatic carbocycles. The highest BCUT2D eigenvalue weighted by atomic mass is 16.6. The van der Waals surface area contributed by atoms with Gasteiger partial charge >= 0.3 is 24.1 Å². The molecule has 0 saturated carbocycles. The summed E-state index contributed by atoms with van der Waals surface area (Å²) in [6, 6.07) is 0. The second kappa shape index (κ2) is 14.3. The summed E-state index contributed by atoms with van der Waals surface area (Å²) in [5, 5.41) is 14.1. The van der Waals surface area contributed by atoms with Crippen LogP contribution in [0, 0.1) is 0 Å². The van der Waals surface area contributed by atoms with Gasteiger partial charge in [0.1, 0.15) is 32.5 Å². The van der Waals surface area contributed by atoms with Crippen molar-refractivity contribution >= 4 is 24.1 Å². The minimum Gasteiger partial charge on any atom is -0.461 e. The molecule has 0 rings (SSSR count). The Labute approximate surface area is 149 Å². The molecular formula is C15H22N2O9. The van der Waals surface area contributed by atoms with Gasteiger partial charge in [0.25, 0.3) is 0 Å². The molecule has 0 aromatic rings. The van der Waals surface area contributed by atoms with Crippen LogP contribution in [-0.2, 0) is 28.5 Å². The fraction of sp³-hybridized carbons (Fsp3) is 0.467. The predicted molar refractivity (Wildman–Crippen MR) is 87.0 cm³/mol. The molecule has 0 radical (unpaired) electrons. The van der Waals surface area contributed by atoms with Gasteiger partial charge in [0.05, 0.1) is 13.1 Å². The molecule has 0 atom stereocenters. The maximum absolute atomic E-state index is 11.3. The van der Waals surface area contributed by atoms with Gasteiger partial charge in [-0.1, -0.05) is 13.2 Å². The fourth-order valence-electron chi connectivity index (χ4n) is 1.22. The number of alkyl carbamates (subject to hydrolysis) is 2. The minimum atomic E-state index is -1.23. The molecule has 11 nitrogen and oxygen atoms in total. The number of ether oxygens (including phenoxy) is 4. The van der Waals surface area contributed by atoms with E-state index in [9.17, 15) is 24.3 Å². The molecular weight excluding hydrogens is 352 g/mol. The molecule has 11 heteroatoms. The number of aliphatic hydroxyl groups is 1. The first-order valence-electron chi connectivity index (χ1n) is 7.46. The molecule has 2 amide bonds. The van der Waals surface area contributed by atoms with Gasteiger partial charge < -0.3 is 34.7 Å². The lowest BCUT2D eigenvalue weighted by Gasteiger charge is -2.13. The Morgan fingerprint density at radius 1 is 0.808 bits per heavy atom. The van der Waals surface area contributed by atoms with Gasteiger partial charge in [-0.05, 0) is 0 Å². The molecule has 0 spiro atoms. The van der Waals surface area contributed by atoms with Gasteiger partial charge in [0.15, 0.2) is 0 Å². The standard InChI is InChI=1S/C15H22N2O9/c1-3-12(19)23-7-5-16-14(21)25-9-11(18)10-26-15(22)17-6-8-24-13(20)4-2/h3-4,11,18H,1-2,5-10H2,(H,16,21)(H,17,22). The zero-order valence-corrected chi connectivity index (χ0v) is 14.1. The van der Waals surface area contributed by atoms with E-state index in [1.165, 1.54) is 0 Å². The minimum absolute atomic E-state index is 0.0177. The monoisotopic (exact) mass is 374 g/mol. The molecule has 0 fully saturated rings. The SMILES string of the molecule is C=CC(=O)OCCNC(=O)OCC(O)COC(=O)NCCOC(=O)C=C. The Kier molecular flexibility index (Phi) is 12.6. The lowest BCUT2D eigenvalue weighted by Crippen LogP contribution is -2.34. The highest BCUT2D eigenvalue weighted by Gasteiger charge is 2.11. The highest BCUT2D eigenvalue weighted by Crippen LogP contribution is 1.90. The molecule has 0 saturated heterocycles. The van der Waals surface area contributed by atoms with Crippen LogP contribution >= 0.6 is 0 Å². The second-order valence-electron chi connectivity index (χ2n) is 4.45. The zero-order chi connectivity index (χ0) is 19.8.